The van der Waals surface area contributed by atoms with Gasteiger partial charge >= 0.3 is 6.03 Å². The lowest BCUT2D eigenvalue weighted by Crippen LogP contribution is -2.20. The number of nitrogens with one attached hydrogen (secondary N) is 2. The largest absolute Gasteiger partial charge is 0.323 e. The van der Waals surface area contributed by atoms with Crippen LogP contribution < -0.4 is 10.6 Å². The minimum absolute atomic E-state index is 0.406. The zero-order valence-electron chi connectivity index (χ0n) is 11.6. The van der Waals surface area contributed by atoms with Crippen LogP contribution in [0.4, 0.5) is 29.3 Å². The van der Waals surface area contributed by atoms with E-state index in [9.17, 15) is 18.0 Å². The second-order valence-electron chi connectivity index (χ2n) is 4.68. The van der Waals surface area contributed by atoms with Crippen molar-refractivity contribution >= 4 is 28.3 Å². The van der Waals surface area contributed by atoms with Gasteiger partial charge in [0, 0.05) is 11.6 Å². The Morgan fingerprint density at radius 1 is 0.870 bits per heavy atom. The number of amides is 2. The van der Waals surface area contributed by atoms with E-state index in [1.807, 2.05) is 12.1 Å². The molecule has 0 aliphatic heterocycles. The van der Waals surface area contributed by atoms with Gasteiger partial charge in [-0.25, -0.2) is 18.0 Å². The maximum Gasteiger partial charge on any atom is 0.323 e. The first kappa shape index (κ1) is 14.8. The number of carbonyl (C=O) groups excluding carboxylic acids is 1. The molecule has 4 nitrogen and oxygen atoms in total. The van der Waals surface area contributed by atoms with Crippen molar-refractivity contribution in [2.75, 3.05) is 10.6 Å². The zero-order chi connectivity index (χ0) is 16.4. The fourth-order valence-corrected chi connectivity index (χ4v) is 2.10. The van der Waals surface area contributed by atoms with E-state index >= 15 is 0 Å². The predicted octanol–water partition coefficient (Wildman–Crippen LogP) is 4.30. The Labute approximate surface area is 129 Å². The normalized spacial score (nSPS) is 10.6. The third-order valence-electron chi connectivity index (χ3n) is 3.16. The molecule has 0 radical (unpaired) electrons. The molecular formula is C16H10F3N3O. The van der Waals surface area contributed by atoms with Crippen LogP contribution in [0.1, 0.15) is 0 Å². The highest BCUT2D eigenvalue weighted by Crippen LogP contribution is 2.22. The van der Waals surface area contributed by atoms with Gasteiger partial charge in [0.2, 0.25) is 0 Å². The third kappa shape index (κ3) is 2.94. The van der Waals surface area contributed by atoms with E-state index in [4.69, 9.17) is 0 Å². The van der Waals surface area contributed by atoms with E-state index in [1.54, 1.807) is 24.4 Å². The molecule has 0 fully saturated rings. The molecule has 23 heavy (non-hydrogen) atoms. The summed E-state index contributed by atoms with van der Waals surface area (Å²) in [6.45, 7) is 0. The molecule has 2 amide bonds. The first-order chi connectivity index (χ1) is 11.1. The van der Waals surface area contributed by atoms with Crippen LogP contribution in [0.25, 0.3) is 10.9 Å². The standard InChI is InChI=1S/C16H10F3N3O/c17-10-6-7-11(14(19)13(10)18)21-16(23)22-12-5-1-3-9-4-2-8-20-15(9)12/h1-8H,(H2,21,22,23). The number of urea groups is 1. The molecule has 1 heterocycles. The quantitative estimate of drug-likeness (QED) is 0.693. The van der Waals surface area contributed by atoms with E-state index in [0.717, 1.165) is 17.5 Å². The molecular weight excluding hydrogens is 307 g/mol. The topological polar surface area (TPSA) is 54.0 Å². The Kier molecular flexibility index (Phi) is 3.84. The van der Waals surface area contributed by atoms with Crippen LogP contribution in [0.5, 0.6) is 0 Å². The number of hydrogen-bond acceptors (Lipinski definition) is 2. The highest BCUT2D eigenvalue weighted by molar-refractivity contribution is 6.05. The maximum absolute atomic E-state index is 13.5. The van der Waals surface area contributed by atoms with Crippen LogP contribution in [0.2, 0.25) is 0 Å². The lowest BCUT2D eigenvalue weighted by atomic mass is 10.2. The summed E-state index contributed by atoms with van der Waals surface area (Å²) < 4.78 is 39.6. The second kappa shape index (κ2) is 5.96. The van der Waals surface area contributed by atoms with Gasteiger partial charge < -0.3 is 10.6 Å². The van der Waals surface area contributed by atoms with Crippen LogP contribution in [0.3, 0.4) is 0 Å². The number of para-hydroxylation sites is 1. The van der Waals surface area contributed by atoms with Crippen molar-refractivity contribution in [3.05, 3.63) is 66.1 Å². The monoisotopic (exact) mass is 317 g/mol. The van der Waals surface area contributed by atoms with Crippen molar-refractivity contribution in [2.24, 2.45) is 0 Å². The molecule has 2 N–H and O–H groups in total. The summed E-state index contributed by atoms with van der Waals surface area (Å²) in [6, 6.07) is 9.60. The van der Waals surface area contributed by atoms with E-state index in [2.05, 4.69) is 15.6 Å². The van der Waals surface area contributed by atoms with Gasteiger partial charge in [0.1, 0.15) is 0 Å². The fourth-order valence-electron chi connectivity index (χ4n) is 2.10. The number of rotatable bonds is 2. The van der Waals surface area contributed by atoms with Crippen molar-refractivity contribution in [3.63, 3.8) is 0 Å². The summed E-state index contributed by atoms with van der Waals surface area (Å²) in [5.74, 6) is -4.43. The lowest BCUT2D eigenvalue weighted by molar-refractivity contribution is 0.262. The summed E-state index contributed by atoms with van der Waals surface area (Å²) in [5, 5.41) is 5.44. The Bertz CT molecular complexity index is 894. The van der Waals surface area contributed by atoms with Crippen LogP contribution in [-0.2, 0) is 0 Å². The van der Waals surface area contributed by atoms with E-state index < -0.39 is 29.2 Å². The van der Waals surface area contributed by atoms with Crippen molar-refractivity contribution < 1.29 is 18.0 Å². The van der Waals surface area contributed by atoms with Gasteiger partial charge in [0.05, 0.1) is 16.9 Å². The first-order valence-corrected chi connectivity index (χ1v) is 6.61. The van der Waals surface area contributed by atoms with Gasteiger partial charge in [-0.15, -0.1) is 0 Å². The number of halogens is 3. The van der Waals surface area contributed by atoms with Crippen molar-refractivity contribution in [1.29, 1.82) is 0 Å². The maximum atomic E-state index is 13.5. The molecule has 0 aliphatic rings. The summed E-state index contributed by atoms with van der Waals surface area (Å²) in [4.78, 5) is 16.1. The molecule has 1 aromatic heterocycles. The van der Waals surface area contributed by atoms with Crippen molar-refractivity contribution in [1.82, 2.24) is 4.98 Å². The van der Waals surface area contributed by atoms with Crippen molar-refractivity contribution in [2.45, 2.75) is 0 Å². The Morgan fingerprint density at radius 3 is 2.43 bits per heavy atom. The van der Waals surface area contributed by atoms with Gasteiger partial charge in [-0.1, -0.05) is 18.2 Å². The average molecular weight is 317 g/mol. The number of aromatic nitrogens is 1. The number of hydrogen-bond donors (Lipinski definition) is 2. The highest BCUT2D eigenvalue weighted by atomic mass is 19.2. The molecule has 0 aliphatic carbocycles. The fraction of sp³-hybridized carbons (Fsp3) is 0. The Balaban J connectivity index is 1.83. The number of anilines is 2. The number of fused-ring (bicyclic) bond motifs is 1. The molecule has 0 saturated carbocycles. The highest BCUT2D eigenvalue weighted by Gasteiger charge is 2.15. The lowest BCUT2D eigenvalue weighted by Gasteiger charge is -2.10. The first-order valence-electron chi connectivity index (χ1n) is 6.61. The van der Waals surface area contributed by atoms with Crippen molar-refractivity contribution in [3.8, 4) is 0 Å². The molecule has 3 rings (SSSR count). The summed E-state index contributed by atoms with van der Waals surface area (Å²) in [6.07, 6.45) is 1.57. The van der Waals surface area contributed by atoms with Gasteiger partial charge in [-0.3, -0.25) is 4.98 Å². The van der Waals surface area contributed by atoms with E-state index in [-0.39, 0.29) is 0 Å². The smallest absolute Gasteiger partial charge is 0.306 e. The van der Waals surface area contributed by atoms with Gasteiger partial charge in [0.15, 0.2) is 17.5 Å². The SMILES string of the molecule is O=C(Nc1ccc(F)c(F)c1F)Nc1cccc2cccnc12. The number of carbonyl (C=O) groups is 1. The van der Waals surface area contributed by atoms with Crippen LogP contribution in [0, 0.1) is 17.5 Å². The molecule has 3 aromatic rings. The molecule has 0 saturated heterocycles. The molecule has 0 spiro atoms. The van der Waals surface area contributed by atoms with E-state index in [0.29, 0.717) is 11.2 Å². The summed E-state index contributed by atoms with van der Waals surface area (Å²) in [5.41, 5.74) is 0.495. The molecule has 2 aromatic carbocycles. The van der Waals surface area contributed by atoms with Crippen LogP contribution in [-0.4, -0.2) is 11.0 Å². The molecule has 0 bridgehead atoms. The molecule has 0 unspecified atom stereocenters. The van der Waals surface area contributed by atoms with Gasteiger partial charge in [-0.2, -0.15) is 0 Å². The number of nitrogens with zero attached hydrogens (tertiary/aromatic N) is 1. The van der Waals surface area contributed by atoms with Gasteiger partial charge in [-0.05, 0) is 24.3 Å². The number of benzene rings is 2. The number of pyridine rings is 1. The Morgan fingerprint density at radius 2 is 1.61 bits per heavy atom. The van der Waals surface area contributed by atoms with Gasteiger partial charge in [0.25, 0.3) is 0 Å². The average Bonchev–Trinajstić information content (AvgIpc) is 2.56. The zero-order valence-corrected chi connectivity index (χ0v) is 11.6. The summed E-state index contributed by atoms with van der Waals surface area (Å²) >= 11 is 0. The predicted molar refractivity (Wildman–Crippen MR) is 80.7 cm³/mol. The third-order valence-corrected chi connectivity index (χ3v) is 3.16. The minimum Gasteiger partial charge on any atom is -0.306 e. The van der Waals surface area contributed by atoms with E-state index in [1.165, 1.54) is 0 Å². The minimum atomic E-state index is -1.64. The molecule has 116 valence electrons. The second-order valence-corrected chi connectivity index (χ2v) is 4.68. The van der Waals surface area contributed by atoms with Crippen LogP contribution in [0.15, 0.2) is 48.7 Å². The molecule has 0 atom stereocenters. The van der Waals surface area contributed by atoms with Crippen LogP contribution >= 0.6 is 0 Å². The summed E-state index contributed by atoms with van der Waals surface area (Å²) in [7, 11) is 0. The molecule has 7 heteroatoms. The Hall–Kier alpha value is -3.09.